The number of nitrogens with one attached hydrogen (secondary N) is 2. The summed E-state index contributed by atoms with van der Waals surface area (Å²) in [6.07, 6.45) is 2.60. The van der Waals surface area contributed by atoms with Gasteiger partial charge in [-0.05, 0) is 24.6 Å². The summed E-state index contributed by atoms with van der Waals surface area (Å²) >= 11 is 0. The van der Waals surface area contributed by atoms with Crippen molar-refractivity contribution in [2.45, 2.75) is 33.4 Å². The molecule has 3 N–H and O–H groups in total. The number of guanidine groups is 1. The van der Waals surface area contributed by atoms with Gasteiger partial charge >= 0.3 is 0 Å². The number of methoxy groups -OCH3 is 1. The van der Waals surface area contributed by atoms with Crippen LogP contribution in [0.2, 0.25) is 0 Å². The van der Waals surface area contributed by atoms with E-state index < -0.39 is 0 Å². The van der Waals surface area contributed by atoms with E-state index in [1.165, 1.54) is 0 Å². The Hall–Kier alpha value is -2.08. The second-order valence-electron chi connectivity index (χ2n) is 5.97. The van der Waals surface area contributed by atoms with Gasteiger partial charge in [0.15, 0.2) is 17.5 Å². The zero-order valence-corrected chi connectivity index (χ0v) is 19.6. The van der Waals surface area contributed by atoms with Crippen LogP contribution in [-0.4, -0.2) is 59.2 Å². The Balaban J connectivity index is 0.00000420. The Morgan fingerprint density at radius 2 is 2.07 bits per heavy atom. The Labute approximate surface area is 188 Å². The van der Waals surface area contributed by atoms with Crippen LogP contribution in [-0.2, 0) is 19.5 Å². The first-order chi connectivity index (χ1) is 13.7. The van der Waals surface area contributed by atoms with Crippen molar-refractivity contribution >= 4 is 29.9 Å². The highest BCUT2D eigenvalue weighted by atomic mass is 127. The fraction of sp³-hybridized carbons (Fsp3) is 0.526. The topological polar surface area (TPSA) is 106 Å². The van der Waals surface area contributed by atoms with E-state index in [0.717, 1.165) is 36.9 Å². The van der Waals surface area contributed by atoms with Crippen LogP contribution >= 0.6 is 24.0 Å². The normalized spacial score (nSPS) is 11.0. The summed E-state index contributed by atoms with van der Waals surface area (Å²) in [5.41, 5.74) is 0.998. The van der Waals surface area contributed by atoms with E-state index in [1.807, 2.05) is 29.7 Å². The molecular weight excluding hydrogens is 487 g/mol. The molecule has 0 atom stereocenters. The zero-order valence-electron chi connectivity index (χ0n) is 17.2. The lowest BCUT2D eigenvalue weighted by atomic mass is 10.2. The maximum absolute atomic E-state index is 8.90. The van der Waals surface area contributed by atoms with Gasteiger partial charge in [-0.1, -0.05) is 13.0 Å². The minimum absolute atomic E-state index is 0. The van der Waals surface area contributed by atoms with Crippen molar-refractivity contribution in [1.82, 2.24) is 25.4 Å². The predicted molar refractivity (Wildman–Crippen MR) is 123 cm³/mol. The molecule has 0 radical (unpaired) electrons. The van der Waals surface area contributed by atoms with E-state index in [2.05, 4.69) is 32.7 Å². The minimum Gasteiger partial charge on any atom is -0.493 e. The number of aryl methyl sites for hydroxylation is 1. The molecule has 1 aromatic carbocycles. The van der Waals surface area contributed by atoms with Crippen molar-refractivity contribution in [2.24, 2.45) is 4.99 Å². The minimum atomic E-state index is -0.0399. The average molecular weight is 518 g/mol. The summed E-state index contributed by atoms with van der Waals surface area (Å²) in [6.45, 7) is 7.04. The van der Waals surface area contributed by atoms with Gasteiger partial charge in [-0.3, -0.25) is 0 Å². The lowest BCUT2D eigenvalue weighted by Crippen LogP contribution is -2.38. The van der Waals surface area contributed by atoms with Crippen molar-refractivity contribution < 1.29 is 14.6 Å². The molecule has 0 bridgehead atoms. The summed E-state index contributed by atoms with van der Waals surface area (Å²) in [6, 6.07) is 5.66. The fourth-order valence-corrected chi connectivity index (χ4v) is 2.63. The van der Waals surface area contributed by atoms with Gasteiger partial charge < -0.3 is 29.8 Å². The van der Waals surface area contributed by atoms with Gasteiger partial charge in [-0.25, -0.2) is 4.99 Å². The summed E-state index contributed by atoms with van der Waals surface area (Å²) < 4.78 is 12.9. The highest BCUT2D eigenvalue weighted by molar-refractivity contribution is 14.0. The molecule has 1 heterocycles. The van der Waals surface area contributed by atoms with Gasteiger partial charge in [-0.15, -0.1) is 34.2 Å². The molecule has 0 aliphatic rings. The number of aliphatic hydroxyl groups is 1. The van der Waals surface area contributed by atoms with Crippen LogP contribution in [0.4, 0.5) is 0 Å². The van der Waals surface area contributed by atoms with E-state index in [9.17, 15) is 0 Å². The van der Waals surface area contributed by atoms with Gasteiger partial charge in [0.25, 0.3) is 0 Å². The molecule has 0 unspecified atom stereocenters. The number of aliphatic imine (C=N–C) groups is 1. The highest BCUT2D eigenvalue weighted by Crippen LogP contribution is 2.28. The molecule has 0 saturated carbocycles. The molecule has 29 heavy (non-hydrogen) atoms. The van der Waals surface area contributed by atoms with Crippen molar-refractivity contribution in [3.05, 3.63) is 35.9 Å². The molecule has 1 aromatic heterocycles. The monoisotopic (exact) mass is 518 g/mol. The smallest absolute Gasteiger partial charge is 0.191 e. The van der Waals surface area contributed by atoms with Crippen LogP contribution in [0, 0.1) is 0 Å². The number of halogens is 1. The Morgan fingerprint density at radius 3 is 2.76 bits per heavy atom. The lowest BCUT2D eigenvalue weighted by molar-refractivity contribution is 0.196. The molecule has 0 aliphatic carbocycles. The Bertz CT molecular complexity index is 753. The number of benzene rings is 1. The number of aliphatic hydroxyl groups excluding tert-OH is 1. The Morgan fingerprint density at radius 1 is 1.24 bits per heavy atom. The lowest BCUT2D eigenvalue weighted by Gasteiger charge is -2.13. The maximum atomic E-state index is 8.90. The summed E-state index contributed by atoms with van der Waals surface area (Å²) in [5, 5.41) is 23.5. The molecule has 0 fully saturated rings. The third-order valence-corrected chi connectivity index (χ3v) is 4.00. The van der Waals surface area contributed by atoms with E-state index in [4.69, 9.17) is 14.6 Å². The second-order valence-corrected chi connectivity index (χ2v) is 5.97. The Kier molecular flexibility index (Phi) is 12.0. The molecule has 0 aliphatic heterocycles. The van der Waals surface area contributed by atoms with Gasteiger partial charge in [0.05, 0.1) is 20.3 Å². The summed E-state index contributed by atoms with van der Waals surface area (Å²) in [5.74, 6) is 2.95. The van der Waals surface area contributed by atoms with Gasteiger partial charge in [0, 0.05) is 26.1 Å². The molecule has 10 heteroatoms. The molecule has 162 valence electrons. The highest BCUT2D eigenvalue weighted by Gasteiger charge is 2.06. The average Bonchev–Trinajstić information content (AvgIpc) is 3.18. The van der Waals surface area contributed by atoms with Gasteiger partial charge in [-0.2, -0.15) is 0 Å². The molecule has 0 saturated heterocycles. The molecule has 0 spiro atoms. The first-order valence-electron chi connectivity index (χ1n) is 9.51. The quantitative estimate of drug-likeness (QED) is 0.236. The summed E-state index contributed by atoms with van der Waals surface area (Å²) in [7, 11) is 1.59. The third-order valence-electron chi connectivity index (χ3n) is 4.00. The third kappa shape index (κ3) is 8.05. The number of ether oxygens (including phenoxy) is 2. The van der Waals surface area contributed by atoms with E-state index in [-0.39, 0.29) is 37.2 Å². The van der Waals surface area contributed by atoms with Crippen LogP contribution < -0.4 is 20.1 Å². The van der Waals surface area contributed by atoms with Crippen LogP contribution in [0.15, 0.2) is 29.5 Å². The van der Waals surface area contributed by atoms with Crippen molar-refractivity contribution in [2.75, 3.05) is 33.4 Å². The number of nitrogens with zero attached hydrogens (tertiary/aromatic N) is 4. The SMILES string of the molecule is CCNC(=NCc1ccc(OCCO)c(OC)c1)NCCn1cnnc1CC.I. The fourth-order valence-electron chi connectivity index (χ4n) is 2.63. The van der Waals surface area contributed by atoms with Crippen LogP contribution in [0.3, 0.4) is 0 Å². The van der Waals surface area contributed by atoms with E-state index >= 15 is 0 Å². The first kappa shape index (κ1) is 25.0. The van der Waals surface area contributed by atoms with Crippen LogP contribution in [0.5, 0.6) is 11.5 Å². The number of hydrogen-bond donors (Lipinski definition) is 3. The number of rotatable bonds is 11. The molecule has 2 aromatic rings. The zero-order chi connectivity index (χ0) is 20.2. The standard InChI is InChI=1S/C19H30N6O3.HI/c1-4-18-24-23-14-25(18)9-8-21-19(20-5-2)22-13-15-6-7-16(28-11-10-26)17(12-15)27-3;/h6-7,12,14,26H,4-5,8-11,13H2,1-3H3,(H2,20,21,22);1H. The number of aromatic nitrogens is 3. The molecular formula is C19H31IN6O3. The van der Waals surface area contributed by atoms with Crippen molar-refractivity contribution in [3.63, 3.8) is 0 Å². The van der Waals surface area contributed by atoms with Crippen LogP contribution in [0.1, 0.15) is 25.2 Å². The van der Waals surface area contributed by atoms with Gasteiger partial charge in [0.1, 0.15) is 18.8 Å². The maximum Gasteiger partial charge on any atom is 0.191 e. The largest absolute Gasteiger partial charge is 0.493 e. The molecule has 0 amide bonds. The van der Waals surface area contributed by atoms with E-state index in [0.29, 0.717) is 24.6 Å². The van der Waals surface area contributed by atoms with Crippen molar-refractivity contribution in [1.29, 1.82) is 0 Å². The first-order valence-corrected chi connectivity index (χ1v) is 9.51. The van der Waals surface area contributed by atoms with Crippen molar-refractivity contribution in [3.8, 4) is 11.5 Å². The molecule has 2 rings (SSSR count). The molecule has 9 nitrogen and oxygen atoms in total. The summed E-state index contributed by atoms with van der Waals surface area (Å²) in [4.78, 5) is 4.63. The van der Waals surface area contributed by atoms with Crippen LogP contribution in [0.25, 0.3) is 0 Å². The van der Waals surface area contributed by atoms with Gasteiger partial charge in [0.2, 0.25) is 0 Å². The predicted octanol–water partition coefficient (Wildman–Crippen LogP) is 1.59. The second kappa shape index (κ2) is 14.0. The number of hydrogen-bond acceptors (Lipinski definition) is 6. The van der Waals surface area contributed by atoms with E-state index in [1.54, 1.807) is 13.4 Å².